The molecule has 4 N–H and O–H groups in total. The molecule has 2 rings (SSSR count). The highest BCUT2D eigenvalue weighted by Crippen LogP contribution is 2.15. The summed E-state index contributed by atoms with van der Waals surface area (Å²) < 4.78 is 16.6. The average molecular weight is 310 g/mol. The van der Waals surface area contributed by atoms with E-state index in [0.717, 1.165) is 0 Å². The fraction of sp³-hybridized carbons (Fsp3) is 0. The summed E-state index contributed by atoms with van der Waals surface area (Å²) in [6, 6.07) is 6.84. The molecule has 0 radical (unpaired) electrons. The minimum atomic E-state index is -0.750. The summed E-state index contributed by atoms with van der Waals surface area (Å²) >= 11 is -0.750. The van der Waals surface area contributed by atoms with Gasteiger partial charge in [-0.05, 0) is 12.2 Å². The van der Waals surface area contributed by atoms with Gasteiger partial charge in [-0.25, -0.2) is 0 Å². The molecular weight excluding hydrogens is 300 g/mol. The molecule has 0 unspecified atom stereocenters. The van der Waals surface area contributed by atoms with Crippen molar-refractivity contribution in [2.24, 2.45) is 0 Å². The first-order valence-corrected chi connectivity index (χ1v) is 5.54. The molecule has 11 heteroatoms. The number of carbonyl (C=O) groups is 2. The number of hydrogen-bond donors (Lipinski definition) is 4. The second-order valence-electron chi connectivity index (χ2n) is 2.90. The number of hydrogen-bond acceptors (Lipinski definition) is 8. The lowest BCUT2D eigenvalue weighted by Gasteiger charge is -2.06. The molecule has 0 bridgehead atoms. The number of nitrogens with one attached hydrogen (secondary N) is 4. The van der Waals surface area contributed by atoms with Crippen molar-refractivity contribution in [3.63, 3.8) is 0 Å². The third-order valence-corrected chi connectivity index (χ3v) is 1.84. The van der Waals surface area contributed by atoms with Crippen molar-refractivity contribution < 1.29 is 18.0 Å². The lowest BCUT2D eigenvalue weighted by Crippen LogP contribution is -2.10. The molecule has 1 aliphatic carbocycles. The quantitative estimate of drug-likeness (QED) is 0.413. The molecule has 1 aromatic rings. The Hall–Kier alpha value is -3.26. The molecule has 1 aromatic carbocycles. The Labute approximate surface area is 121 Å². The minimum absolute atomic E-state index is 0.0924. The van der Waals surface area contributed by atoms with Crippen LogP contribution >= 0.6 is 0 Å². The van der Waals surface area contributed by atoms with E-state index in [0.29, 0.717) is 11.1 Å². The monoisotopic (exact) mass is 310 g/mol. The normalized spacial score (nSPS) is 9.71. The molecule has 0 saturated heterocycles. The van der Waals surface area contributed by atoms with Crippen LogP contribution in [0.2, 0.25) is 0 Å². The van der Waals surface area contributed by atoms with Gasteiger partial charge < -0.3 is 0 Å². The van der Waals surface area contributed by atoms with Gasteiger partial charge in [0, 0.05) is 11.1 Å². The number of benzene rings is 1. The smallest absolute Gasteiger partial charge is 0.289 e. The largest absolute Gasteiger partial charge is 0.335 e. The van der Waals surface area contributed by atoms with Crippen molar-refractivity contribution in [3.8, 4) is 0 Å². The first kappa shape index (κ1) is 20.1. The summed E-state index contributed by atoms with van der Waals surface area (Å²) in [5, 5.41) is 0. The van der Waals surface area contributed by atoms with Crippen molar-refractivity contribution in [3.05, 3.63) is 47.5 Å². The Morgan fingerprint density at radius 1 is 0.762 bits per heavy atom. The van der Waals surface area contributed by atoms with E-state index in [-0.39, 0.29) is 11.6 Å². The fourth-order valence-corrected chi connectivity index (χ4v) is 1.24. The molecule has 0 aliphatic heterocycles. The van der Waals surface area contributed by atoms with Crippen LogP contribution < -0.4 is 9.82 Å². The zero-order chi connectivity index (χ0) is 16.7. The molecule has 1 aliphatic rings. The summed E-state index contributed by atoms with van der Waals surface area (Å²) in [6.07, 6.45) is 2.62. The number of fused-ring (bicyclic) bond motifs is 1. The van der Waals surface area contributed by atoms with E-state index in [4.69, 9.17) is 30.5 Å². The van der Waals surface area contributed by atoms with Crippen LogP contribution in [0.25, 0.3) is 0 Å². The van der Waals surface area contributed by atoms with Gasteiger partial charge in [-0.1, -0.05) is 24.3 Å². The van der Waals surface area contributed by atoms with Gasteiger partial charge in [-0.15, -0.1) is 0 Å². The second kappa shape index (κ2) is 13.2. The summed E-state index contributed by atoms with van der Waals surface area (Å²) in [6.45, 7) is 0. The van der Waals surface area contributed by atoms with E-state index in [1.54, 1.807) is 24.3 Å². The Balaban J connectivity index is 0. The van der Waals surface area contributed by atoms with Crippen LogP contribution in [0.1, 0.15) is 20.7 Å². The zero-order valence-electron chi connectivity index (χ0n) is 10.4. The van der Waals surface area contributed by atoms with E-state index in [2.05, 4.69) is 0 Å². The predicted octanol–water partition coefficient (Wildman–Crippen LogP) is 1.18. The van der Waals surface area contributed by atoms with Crippen LogP contribution in [0.4, 0.5) is 0 Å². The van der Waals surface area contributed by atoms with Crippen LogP contribution in [0.5, 0.6) is 0 Å². The van der Waals surface area contributed by atoms with Crippen molar-refractivity contribution in [1.29, 1.82) is 22.1 Å². The van der Waals surface area contributed by atoms with Gasteiger partial charge in [0.15, 0.2) is 11.6 Å². The van der Waals surface area contributed by atoms with Gasteiger partial charge in [0.25, 0.3) is 0 Å². The minimum Gasteiger partial charge on any atom is -0.289 e. The van der Waals surface area contributed by atoms with Crippen LogP contribution in [0, 0.1) is 22.1 Å². The molecular formula is C10H10N6O4S+2. The van der Waals surface area contributed by atoms with Gasteiger partial charge >= 0.3 is 11.6 Å². The summed E-state index contributed by atoms with van der Waals surface area (Å²) in [4.78, 5) is 26.4. The first-order valence-electron chi connectivity index (χ1n) is 4.87. The highest BCUT2D eigenvalue weighted by Gasteiger charge is 2.16. The number of carbonyl (C=O) groups excluding carboxylic acids is 2. The molecule has 108 valence electrons. The van der Waals surface area contributed by atoms with E-state index < -0.39 is 11.6 Å². The third kappa shape index (κ3) is 8.46. The van der Waals surface area contributed by atoms with Crippen molar-refractivity contribution in [1.82, 2.24) is 9.82 Å². The summed E-state index contributed by atoms with van der Waals surface area (Å²) in [7, 11) is 0. The van der Waals surface area contributed by atoms with Crippen molar-refractivity contribution in [2.45, 2.75) is 0 Å². The van der Waals surface area contributed by atoms with Gasteiger partial charge in [0.2, 0.25) is 9.82 Å². The van der Waals surface area contributed by atoms with Gasteiger partial charge in [-0.3, -0.25) is 9.59 Å². The van der Waals surface area contributed by atoms with Crippen LogP contribution in [-0.2, 0) is 11.6 Å². The zero-order valence-corrected chi connectivity index (χ0v) is 11.2. The lowest BCUT2D eigenvalue weighted by molar-refractivity contribution is 0.0994. The molecule has 0 fully saturated rings. The lowest BCUT2D eigenvalue weighted by atomic mass is 9.95. The molecule has 0 atom stereocenters. The van der Waals surface area contributed by atoms with Crippen LogP contribution in [-0.4, -0.2) is 20.0 Å². The molecule has 0 aromatic heterocycles. The Morgan fingerprint density at radius 2 is 1.00 bits per heavy atom. The predicted molar refractivity (Wildman–Crippen MR) is 68.3 cm³/mol. The maximum Gasteiger partial charge on any atom is 0.335 e. The molecule has 0 heterocycles. The number of rotatable bonds is 0. The SMILES string of the molecule is N=[N+]=N.N=[N+]=N.O=C1C=CC(=O)c2ccccc21.O=S=O. The molecule has 0 saturated carbocycles. The highest BCUT2D eigenvalue weighted by molar-refractivity contribution is 7.51. The Bertz CT molecular complexity index is 573. The third-order valence-electron chi connectivity index (χ3n) is 1.84. The van der Waals surface area contributed by atoms with Crippen molar-refractivity contribution in [2.75, 3.05) is 0 Å². The van der Waals surface area contributed by atoms with Gasteiger partial charge in [-0.2, -0.15) is 8.42 Å². The standard InChI is InChI=1S/C10H6O2.2H2N3.O2S/c11-9-5-6-10(12)8-4-2-1-3-7(8)9;3*1-3-2/h1-6H;2*1-2H;/q;2*+1;. The fourth-order valence-electron chi connectivity index (χ4n) is 1.24. The number of ketones is 2. The number of nitrogens with zero attached hydrogens (tertiary/aromatic N) is 2. The topological polar surface area (TPSA) is 192 Å². The Kier molecular flexibility index (Phi) is 12.6. The van der Waals surface area contributed by atoms with Crippen LogP contribution in [0.15, 0.2) is 36.4 Å². The van der Waals surface area contributed by atoms with Gasteiger partial charge in [0.1, 0.15) is 22.1 Å². The Morgan fingerprint density at radius 3 is 1.24 bits per heavy atom. The summed E-state index contributed by atoms with van der Waals surface area (Å²) in [5.74, 6) is -0.185. The maximum atomic E-state index is 11.2. The first-order chi connectivity index (χ1) is 10.0. The second-order valence-corrected chi connectivity index (χ2v) is 3.04. The summed E-state index contributed by atoms with van der Waals surface area (Å²) in [5.41, 5.74) is 23.0. The number of allylic oxidation sites excluding steroid dienone is 2. The van der Waals surface area contributed by atoms with E-state index >= 15 is 0 Å². The molecule has 0 amide bonds. The van der Waals surface area contributed by atoms with Crippen LogP contribution in [0.3, 0.4) is 0 Å². The molecule has 21 heavy (non-hydrogen) atoms. The average Bonchev–Trinajstić information content (AvgIpc) is 2.46. The molecule has 0 spiro atoms. The van der Waals surface area contributed by atoms with E-state index in [1.807, 2.05) is 9.82 Å². The van der Waals surface area contributed by atoms with Gasteiger partial charge in [0.05, 0.1) is 0 Å². The maximum absolute atomic E-state index is 11.2. The van der Waals surface area contributed by atoms with Crippen molar-refractivity contribution >= 4 is 23.1 Å². The van der Waals surface area contributed by atoms with E-state index in [1.165, 1.54) is 12.2 Å². The molecule has 10 nitrogen and oxygen atoms in total. The highest BCUT2D eigenvalue weighted by atomic mass is 32.1. The van der Waals surface area contributed by atoms with E-state index in [9.17, 15) is 9.59 Å².